The van der Waals surface area contributed by atoms with Gasteiger partial charge >= 0.3 is 0 Å². The lowest BCUT2D eigenvalue weighted by Crippen LogP contribution is -2.25. The fourth-order valence-electron chi connectivity index (χ4n) is 3.03. The van der Waals surface area contributed by atoms with Gasteiger partial charge in [-0.25, -0.2) is 5.10 Å². The Kier molecular flexibility index (Phi) is 5.13. The summed E-state index contributed by atoms with van der Waals surface area (Å²) in [5, 5.41) is 19.5. The highest BCUT2D eigenvalue weighted by Gasteiger charge is 2.18. The SMILES string of the molecule is CCN(Cc1cc(-c2cccc(Cl)c2)on1)c1nnc(-c2cn[nH]c(=O)c2)n1C. The molecule has 29 heavy (non-hydrogen) atoms. The first-order chi connectivity index (χ1) is 14.0. The van der Waals surface area contributed by atoms with Crippen LogP contribution in [0.3, 0.4) is 0 Å². The lowest BCUT2D eigenvalue weighted by atomic mass is 10.1. The van der Waals surface area contributed by atoms with E-state index in [1.165, 1.54) is 6.07 Å². The summed E-state index contributed by atoms with van der Waals surface area (Å²) in [6.07, 6.45) is 1.54. The molecule has 4 rings (SSSR count). The summed E-state index contributed by atoms with van der Waals surface area (Å²) < 4.78 is 7.30. The summed E-state index contributed by atoms with van der Waals surface area (Å²) in [6.45, 7) is 3.18. The van der Waals surface area contributed by atoms with E-state index in [1.54, 1.807) is 6.20 Å². The zero-order valence-electron chi connectivity index (χ0n) is 15.8. The lowest BCUT2D eigenvalue weighted by Gasteiger charge is -2.20. The van der Waals surface area contributed by atoms with Gasteiger partial charge in [0, 0.05) is 41.9 Å². The van der Waals surface area contributed by atoms with E-state index in [0.29, 0.717) is 41.2 Å². The molecule has 0 aliphatic carbocycles. The minimum atomic E-state index is -0.296. The second kappa shape index (κ2) is 7.88. The molecule has 0 aliphatic heterocycles. The number of nitrogens with one attached hydrogen (secondary N) is 1. The van der Waals surface area contributed by atoms with Crippen molar-refractivity contribution in [3.8, 4) is 22.7 Å². The predicted octanol–water partition coefficient (Wildman–Crippen LogP) is 2.90. The molecule has 3 heterocycles. The van der Waals surface area contributed by atoms with Crippen molar-refractivity contribution in [3.63, 3.8) is 0 Å². The van der Waals surface area contributed by atoms with Crippen LogP contribution in [0, 0.1) is 0 Å². The second-order valence-corrected chi connectivity index (χ2v) is 6.86. The van der Waals surface area contributed by atoms with Crippen molar-refractivity contribution in [3.05, 3.63) is 63.7 Å². The van der Waals surface area contributed by atoms with Gasteiger partial charge in [-0.1, -0.05) is 28.9 Å². The van der Waals surface area contributed by atoms with E-state index in [4.69, 9.17) is 16.1 Å². The Morgan fingerprint density at radius 2 is 2.07 bits per heavy atom. The summed E-state index contributed by atoms with van der Waals surface area (Å²) >= 11 is 6.05. The average molecular weight is 412 g/mol. The van der Waals surface area contributed by atoms with Crippen LogP contribution in [0.5, 0.6) is 0 Å². The Labute approximate surface area is 170 Å². The second-order valence-electron chi connectivity index (χ2n) is 6.42. The van der Waals surface area contributed by atoms with Crippen LogP contribution in [0.2, 0.25) is 5.02 Å². The van der Waals surface area contributed by atoms with E-state index in [2.05, 4.69) is 25.6 Å². The van der Waals surface area contributed by atoms with Crippen molar-refractivity contribution in [2.75, 3.05) is 11.4 Å². The number of anilines is 1. The van der Waals surface area contributed by atoms with Crippen LogP contribution in [0.4, 0.5) is 5.95 Å². The van der Waals surface area contributed by atoms with Gasteiger partial charge in [0.05, 0.1) is 12.7 Å². The van der Waals surface area contributed by atoms with Gasteiger partial charge in [-0.2, -0.15) is 5.10 Å². The quantitative estimate of drug-likeness (QED) is 0.520. The Bertz CT molecular complexity index is 1200. The topological polar surface area (TPSA) is 106 Å². The maximum Gasteiger partial charge on any atom is 0.264 e. The van der Waals surface area contributed by atoms with E-state index in [9.17, 15) is 4.79 Å². The van der Waals surface area contributed by atoms with E-state index < -0.39 is 0 Å². The summed E-state index contributed by atoms with van der Waals surface area (Å²) in [4.78, 5) is 13.6. The summed E-state index contributed by atoms with van der Waals surface area (Å²) in [6, 6.07) is 10.7. The molecule has 1 aromatic carbocycles. The first-order valence-corrected chi connectivity index (χ1v) is 9.34. The molecule has 3 aromatic heterocycles. The number of H-pyrrole nitrogens is 1. The van der Waals surface area contributed by atoms with E-state index in [-0.39, 0.29) is 5.56 Å². The first kappa shape index (κ1) is 18.9. The lowest BCUT2D eigenvalue weighted by molar-refractivity contribution is 0.422. The van der Waals surface area contributed by atoms with Gasteiger partial charge in [0.1, 0.15) is 5.69 Å². The molecule has 148 valence electrons. The molecule has 0 atom stereocenters. The number of rotatable bonds is 6. The van der Waals surface area contributed by atoms with E-state index in [1.807, 2.05) is 53.8 Å². The third kappa shape index (κ3) is 3.90. The maximum atomic E-state index is 11.5. The standard InChI is InChI=1S/C19H18ClN7O2/c1-3-27(11-15-9-16(29-25-15)12-5-4-6-14(20)7-12)19-24-23-18(26(19)2)13-8-17(28)22-21-10-13/h4-10H,3,11H2,1-2H3,(H,22,28). The van der Waals surface area contributed by atoms with Crippen molar-refractivity contribution < 1.29 is 4.52 Å². The van der Waals surface area contributed by atoms with Crippen LogP contribution in [0.1, 0.15) is 12.6 Å². The average Bonchev–Trinajstić information content (AvgIpc) is 3.33. The highest BCUT2D eigenvalue weighted by atomic mass is 35.5. The van der Waals surface area contributed by atoms with Gasteiger partial charge < -0.3 is 9.42 Å². The van der Waals surface area contributed by atoms with Crippen LogP contribution >= 0.6 is 11.6 Å². The zero-order chi connectivity index (χ0) is 20.4. The Morgan fingerprint density at radius 3 is 2.83 bits per heavy atom. The zero-order valence-corrected chi connectivity index (χ0v) is 16.6. The van der Waals surface area contributed by atoms with Gasteiger partial charge in [-0.05, 0) is 19.1 Å². The van der Waals surface area contributed by atoms with Crippen molar-refractivity contribution in [1.82, 2.24) is 30.1 Å². The molecule has 10 heteroatoms. The number of nitrogens with zero attached hydrogens (tertiary/aromatic N) is 6. The molecule has 0 spiro atoms. The molecule has 0 saturated carbocycles. The van der Waals surface area contributed by atoms with E-state index in [0.717, 1.165) is 11.3 Å². The molecule has 0 unspecified atom stereocenters. The third-order valence-electron chi connectivity index (χ3n) is 4.46. The fourth-order valence-corrected chi connectivity index (χ4v) is 3.22. The molecule has 1 N–H and O–H groups in total. The molecule has 0 saturated heterocycles. The molecule has 0 fully saturated rings. The van der Waals surface area contributed by atoms with Crippen LogP contribution in [-0.2, 0) is 13.6 Å². The number of hydrogen-bond acceptors (Lipinski definition) is 7. The minimum absolute atomic E-state index is 0.296. The number of benzene rings is 1. The van der Waals surface area contributed by atoms with E-state index >= 15 is 0 Å². The number of halogens is 1. The number of aromatic nitrogens is 6. The normalized spacial score (nSPS) is 11.0. The molecule has 0 amide bonds. The molecular weight excluding hydrogens is 394 g/mol. The third-order valence-corrected chi connectivity index (χ3v) is 4.70. The summed E-state index contributed by atoms with van der Waals surface area (Å²) in [5.74, 6) is 1.85. The fraction of sp³-hybridized carbons (Fsp3) is 0.211. The summed E-state index contributed by atoms with van der Waals surface area (Å²) in [7, 11) is 1.84. The maximum absolute atomic E-state index is 11.5. The molecule has 0 radical (unpaired) electrons. The highest BCUT2D eigenvalue weighted by molar-refractivity contribution is 6.30. The largest absolute Gasteiger partial charge is 0.356 e. The van der Waals surface area contributed by atoms with Gasteiger partial charge in [-0.3, -0.25) is 9.36 Å². The smallest absolute Gasteiger partial charge is 0.264 e. The number of hydrogen-bond donors (Lipinski definition) is 1. The van der Waals surface area contributed by atoms with Gasteiger partial charge in [0.25, 0.3) is 5.56 Å². The van der Waals surface area contributed by atoms with Crippen molar-refractivity contribution in [2.24, 2.45) is 7.05 Å². The monoisotopic (exact) mass is 411 g/mol. The number of aromatic amines is 1. The van der Waals surface area contributed by atoms with Gasteiger partial charge in [-0.15, -0.1) is 10.2 Å². The van der Waals surface area contributed by atoms with Gasteiger partial charge in [0.2, 0.25) is 5.95 Å². The van der Waals surface area contributed by atoms with Crippen LogP contribution in [0.25, 0.3) is 22.7 Å². The van der Waals surface area contributed by atoms with Crippen LogP contribution in [0.15, 0.2) is 51.9 Å². The predicted molar refractivity (Wildman–Crippen MR) is 109 cm³/mol. The highest BCUT2D eigenvalue weighted by Crippen LogP contribution is 2.25. The Morgan fingerprint density at radius 1 is 1.21 bits per heavy atom. The molecule has 0 aliphatic rings. The van der Waals surface area contributed by atoms with Crippen LogP contribution < -0.4 is 10.5 Å². The molecule has 4 aromatic rings. The first-order valence-electron chi connectivity index (χ1n) is 8.96. The molecular formula is C19H18ClN7O2. The van der Waals surface area contributed by atoms with Crippen molar-refractivity contribution in [1.29, 1.82) is 0 Å². The Hall–Kier alpha value is -3.46. The Balaban J connectivity index is 1.58. The molecule has 9 nitrogen and oxygen atoms in total. The minimum Gasteiger partial charge on any atom is -0.356 e. The molecule has 0 bridgehead atoms. The van der Waals surface area contributed by atoms with Crippen molar-refractivity contribution in [2.45, 2.75) is 13.5 Å². The summed E-state index contributed by atoms with van der Waals surface area (Å²) in [5.41, 5.74) is 1.91. The van der Waals surface area contributed by atoms with Gasteiger partial charge in [0.15, 0.2) is 11.6 Å². The van der Waals surface area contributed by atoms with Crippen molar-refractivity contribution >= 4 is 17.5 Å². The van der Waals surface area contributed by atoms with Crippen LogP contribution in [-0.4, -0.2) is 36.7 Å².